The van der Waals surface area contributed by atoms with Crippen LogP contribution in [-0.2, 0) is 16.3 Å². The number of fused-ring (bicyclic) bond motifs is 1. The van der Waals surface area contributed by atoms with Crippen molar-refractivity contribution in [3.8, 4) is 0 Å². The molecule has 1 heterocycles. The highest BCUT2D eigenvalue weighted by Crippen LogP contribution is 2.26. The molecule has 10 heteroatoms. The fourth-order valence-electron chi connectivity index (χ4n) is 2.25. The van der Waals surface area contributed by atoms with E-state index in [9.17, 15) is 19.7 Å². The van der Waals surface area contributed by atoms with Crippen molar-refractivity contribution >= 4 is 34.3 Å². The number of nitro benzene ring substituents is 1. The monoisotopic (exact) mass is 386 g/mol. The van der Waals surface area contributed by atoms with E-state index in [0.29, 0.717) is 15.8 Å². The fourth-order valence-corrected chi connectivity index (χ4v) is 3.11. The average Bonchev–Trinajstić information content (AvgIpc) is 2.67. The van der Waals surface area contributed by atoms with Gasteiger partial charge in [-0.1, -0.05) is 17.3 Å². The number of hydrogen-bond donors (Lipinski definition) is 0. The van der Waals surface area contributed by atoms with Gasteiger partial charge in [-0.2, -0.15) is 4.68 Å². The number of nitro groups is 1. The van der Waals surface area contributed by atoms with Crippen molar-refractivity contribution in [1.29, 1.82) is 0 Å². The molecule has 0 bridgehead atoms. The number of ether oxygens (including phenoxy) is 1. The lowest BCUT2D eigenvalue weighted by molar-refractivity contribution is -0.384. The second-order valence-electron chi connectivity index (χ2n) is 5.51. The summed E-state index contributed by atoms with van der Waals surface area (Å²) in [5.41, 5.74) is 0.0417. The standard InChI is InChI=1S/C17H14N4O5S/c1-11(27-13-8-6-12(7-9-13)21(24)25)17(23)26-10-20-16(22)14-4-2-3-5-15(14)18-19-20/h2-9,11H,10H2,1H3/t11-/m0/s1. The maximum atomic E-state index is 12.3. The molecule has 27 heavy (non-hydrogen) atoms. The van der Waals surface area contributed by atoms with Gasteiger partial charge in [-0.05, 0) is 31.2 Å². The molecule has 0 N–H and O–H groups in total. The molecule has 0 aliphatic rings. The number of nitrogens with zero attached hydrogens (tertiary/aromatic N) is 4. The molecule has 2 aromatic carbocycles. The Balaban J connectivity index is 1.62. The van der Waals surface area contributed by atoms with Crippen molar-refractivity contribution in [3.05, 3.63) is 69.0 Å². The van der Waals surface area contributed by atoms with Crippen LogP contribution in [0.4, 0.5) is 5.69 Å². The Morgan fingerprint density at radius 3 is 2.67 bits per heavy atom. The van der Waals surface area contributed by atoms with E-state index in [-0.39, 0.29) is 12.4 Å². The molecule has 0 unspecified atom stereocenters. The van der Waals surface area contributed by atoms with Crippen molar-refractivity contribution in [1.82, 2.24) is 15.0 Å². The van der Waals surface area contributed by atoms with Crippen molar-refractivity contribution < 1.29 is 14.5 Å². The largest absolute Gasteiger partial charge is 0.441 e. The lowest BCUT2D eigenvalue weighted by atomic mass is 10.2. The summed E-state index contributed by atoms with van der Waals surface area (Å²) in [7, 11) is 0. The first-order valence-electron chi connectivity index (χ1n) is 7.86. The lowest BCUT2D eigenvalue weighted by Gasteiger charge is -2.11. The molecule has 0 spiro atoms. The number of thioether (sulfide) groups is 1. The summed E-state index contributed by atoms with van der Waals surface area (Å²) in [5, 5.41) is 18.1. The quantitative estimate of drug-likeness (QED) is 0.274. The van der Waals surface area contributed by atoms with E-state index in [1.54, 1.807) is 43.3 Å². The Morgan fingerprint density at radius 1 is 1.26 bits per heavy atom. The van der Waals surface area contributed by atoms with Crippen LogP contribution in [0.1, 0.15) is 6.92 Å². The summed E-state index contributed by atoms with van der Waals surface area (Å²) >= 11 is 1.19. The van der Waals surface area contributed by atoms with Crippen molar-refractivity contribution in [2.75, 3.05) is 0 Å². The lowest BCUT2D eigenvalue weighted by Crippen LogP contribution is -2.28. The first-order valence-corrected chi connectivity index (χ1v) is 8.74. The van der Waals surface area contributed by atoms with Gasteiger partial charge in [-0.15, -0.1) is 16.9 Å². The molecule has 0 fully saturated rings. The van der Waals surface area contributed by atoms with Crippen LogP contribution in [0, 0.1) is 10.1 Å². The third-order valence-corrected chi connectivity index (χ3v) is 4.74. The van der Waals surface area contributed by atoms with E-state index in [4.69, 9.17) is 4.74 Å². The minimum atomic E-state index is -0.574. The molecule has 138 valence electrons. The number of rotatable bonds is 6. The van der Waals surface area contributed by atoms with Gasteiger partial charge in [0.1, 0.15) is 10.8 Å². The first-order chi connectivity index (χ1) is 13.0. The van der Waals surface area contributed by atoms with Gasteiger partial charge in [0.2, 0.25) is 0 Å². The predicted molar refractivity (Wildman–Crippen MR) is 98.3 cm³/mol. The third-order valence-electron chi connectivity index (χ3n) is 3.65. The molecule has 0 amide bonds. The zero-order valence-corrected chi connectivity index (χ0v) is 15.0. The van der Waals surface area contributed by atoms with Crippen molar-refractivity contribution in [3.63, 3.8) is 0 Å². The van der Waals surface area contributed by atoms with Crippen LogP contribution in [0.15, 0.2) is 58.2 Å². The highest BCUT2D eigenvalue weighted by Gasteiger charge is 2.17. The zero-order chi connectivity index (χ0) is 19.4. The van der Waals surface area contributed by atoms with E-state index in [1.165, 1.54) is 23.9 Å². The van der Waals surface area contributed by atoms with E-state index in [2.05, 4.69) is 10.3 Å². The van der Waals surface area contributed by atoms with Crippen molar-refractivity contribution in [2.24, 2.45) is 0 Å². The van der Waals surface area contributed by atoms with E-state index < -0.39 is 21.7 Å². The van der Waals surface area contributed by atoms with Crippen LogP contribution in [0.25, 0.3) is 10.9 Å². The maximum Gasteiger partial charge on any atom is 0.320 e. The molecule has 3 aromatic rings. The molecule has 1 atom stereocenters. The van der Waals surface area contributed by atoms with Gasteiger partial charge in [0.15, 0.2) is 6.73 Å². The molecule has 0 aliphatic carbocycles. The Hall–Kier alpha value is -3.27. The van der Waals surface area contributed by atoms with Gasteiger partial charge in [-0.25, -0.2) is 0 Å². The normalized spacial score (nSPS) is 11.9. The van der Waals surface area contributed by atoms with Crippen LogP contribution in [0.5, 0.6) is 0 Å². The minimum Gasteiger partial charge on any atom is -0.441 e. The molecule has 1 aromatic heterocycles. The Labute approximate surface area is 157 Å². The summed E-state index contributed by atoms with van der Waals surface area (Å²) in [6.45, 7) is 1.30. The van der Waals surface area contributed by atoms with Gasteiger partial charge >= 0.3 is 5.97 Å². The van der Waals surface area contributed by atoms with Crippen LogP contribution < -0.4 is 5.56 Å². The smallest absolute Gasteiger partial charge is 0.320 e. The molecule has 9 nitrogen and oxygen atoms in total. The van der Waals surface area contributed by atoms with Gasteiger partial charge in [0.25, 0.3) is 11.2 Å². The third kappa shape index (κ3) is 4.29. The molecule has 3 rings (SSSR count). The molecule has 0 aliphatic heterocycles. The summed E-state index contributed by atoms with van der Waals surface area (Å²) in [4.78, 5) is 35.3. The predicted octanol–water partition coefficient (Wildman–Crippen LogP) is 2.38. The van der Waals surface area contributed by atoms with Crippen LogP contribution >= 0.6 is 11.8 Å². The number of non-ortho nitro benzene ring substituents is 1. The van der Waals surface area contributed by atoms with Crippen LogP contribution in [0.2, 0.25) is 0 Å². The number of hydrogen-bond acceptors (Lipinski definition) is 8. The summed E-state index contributed by atoms with van der Waals surface area (Å²) in [6, 6.07) is 12.6. The summed E-state index contributed by atoms with van der Waals surface area (Å²) < 4.78 is 6.12. The highest BCUT2D eigenvalue weighted by atomic mass is 32.2. The van der Waals surface area contributed by atoms with Crippen LogP contribution in [0.3, 0.4) is 0 Å². The summed E-state index contributed by atoms with van der Waals surface area (Å²) in [6.07, 6.45) is 0. The molecular weight excluding hydrogens is 372 g/mol. The number of carbonyl (C=O) groups is 1. The molecule has 0 saturated heterocycles. The molecular formula is C17H14N4O5S. The second kappa shape index (κ2) is 7.96. The van der Waals surface area contributed by atoms with Crippen molar-refractivity contribution in [2.45, 2.75) is 23.8 Å². The van der Waals surface area contributed by atoms with E-state index in [0.717, 1.165) is 4.68 Å². The Kier molecular flexibility index (Phi) is 5.46. The van der Waals surface area contributed by atoms with Gasteiger partial charge in [0.05, 0.1) is 10.3 Å². The number of benzene rings is 2. The average molecular weight is 386 g/mol. The molecule has 0 radical (unpaired) electrons. The molecule has 0 saturated carbocycles. The fraction of sp³-hybridized carbons (Fsp3) is 0.176. The van der Waals surface area contributed by atoms with Gasteiger partial charge in [-0.3, -0.25) is 19.7 Å². The summed E-state index contributed by atoms with van der Waals surface area (Å²) in [5.74, 6) is -0.541. The van der Waals surface area contributed by atoms with E-state index >= 15 is 0 Å². The van der Waals surface area contributed by atoms with Gasteiger partial charge < -0.3 is 4.74 Å². The number of carbonyl (C=O) groups excluding carboxylic acids is 1. The zero-order valence-electron chi connectivity index (χ0n) is 14.1. The minimum absolute atomic E-state index is 0.0242. The Bertz CT molecular complexity index is 1050. The topological polar surface area (TPSA) is 117 Å². The van der Waals surface area contributed by atoms with Crippen LogP contribution in [-0.4, -0.2) is 31.1 Å². The second-order valence-corrected chi connectivity index (χ2v) is 6.93. The SMILES string of the molecule is C[C@H](Sc1ccc([N+](=O)[O-])cc1)C(=O)OCn1nnc2ccccc2c1=O. The number of aromatic nitrogens is 3. The Morgan fingerprint density at radius 2 is 1.96 bits per heavy atom. The maximum absolute atomic E-state index is 12.3. The highest BCUT2D eigenvalue weighted by molar-refractivity contribution is 8.00. The van der Waals surface area contributed by atoms with E-state index in [1.807, 2.05) is 0 Å². The number of esters is 1. The first kappa shape index (κ1) is 18.5. The van der Waals surface area contributed by atoms with Gasteiger partial charge in [0, 0.05) is 17.0 Å².